The number of hydrogen-bond acceptors (Lipinski definition) is 2. The zero-order chi connectivity index (χ0) is 15.4. The summed E-state index contributed by atoms with van der Waals surface area (Å²) >= 11 is 3.38. The van der Waals surface area contributed by atoms with Crippen molar-refractivity contribution >= 4 is 21.8 Å². The van der Waals surface area contributed by atoms with Crippen LogP contribution in [0.15, 0.2) is 81.9 Å². The number of carbonyl (C=O) groups is 1. The second-order valence-electron chi connectivity index (χ2n) is 4.84. The van der Waals surface area contributed by atoms with Crippen molar-refractivity contribution in [3.63, 3.8) is 0 Å². The highest BCUT2D eigenvalue weighted by molar-refractivity contribution is 9.10. The molecule has 3 nitrogen and oxygen atoms in total. The maximum Gasteiger partial charge on any atom is 0.252 e. The van der Waals surface area contributed by atoms with Crippen LogP contribution in [0.3, 0.4) is 0 Å². The van der Waals surface area contributed by atoms with Crippen molar-refractivity contribution in [2.45, 2.75) is 6.04 Å². The van der Waals surface area contributed by atoms with E-state index in [0.717, 1.165) is 10.0 Å². The number of rotatable bonds is 4. The zero-order valence-electron chi connectivity index (χ0n) is 11.7. The summed E-state index contributed by atoms with van der Waals surface area (Å²) in [6.07, 6.45) is 1.61. The molecule has 0 radical (unpaired) electrons. The summed E-state index contributed by atoms with van der Waals surface area (Å²) in [4.78, 5) is 12.5. The smallest absolute Gasteiger partial charge is 0.252 e. The Balaban J connectivity index is 1.89. The van der Waals surface area contributed by atoms with Crippen molar-refractivity contribution in [2.24, 2.45) is 0 Å². The molecule has 1 atom stereocenters. The van der Waals surface area contributed by atoms with Gasteiger partial charge in [-0.15, -0.1) is 0 Å². The van der Waals surface area contributed by atoms with Crippen molar-refractivity contribution in [1.29, 1.82) is 0 Å². The third-order valence-corrected chi connectivity index (χ3v) is 3.82. The number of carbonyl (C=O) groups excluding carboxylic acids is 1. The van der Waals surface area contributed by atoms with Gasteiger partial charge >= 0.3 is 0 Å². The van der Waals surface area contributed by atoms with E-state index in [0.29, 0.717) is 11.3 Å². The van der Waals surface area contributed by atoms with Crippen LogP contribution in [0.1, 0.15) is 27.7 Å². The van der Waals surface area contributed by atoms with Gasteiger partial charge in [0.05, 0.1) is 6.26 Å². The minimum absolute atomic E-state index is 0.147. The summed E-state index contributed by atoms with van der Waals surface area (Å²) in [5.41, 5.74) is 1.57. The topological polar surface area (TPSA) is 42.2 Å². The van der Waals surface area contributed by atoms with Crippen LogP contribution in [0.25, 0.3) is 0 Å². The molecule has 0 unspecified atom stereocenters. The van der Waals surface area contributed by atoms with Gasteiger partial charge in [-0.1, -0.05) is 52.3 Å². The van der Waals surface area contributed by atoms with Gasteiger partial charge in [-0.05, 0) is 35.9 Å². The summed E-state index contributed by atoms with van der Waals surface area (Å²) in [6, 6.07) is 20.4. The highest BCUT2D eigenvalue weighted by atomic mass is 79.9. The molecule has 1 heterocycles. The van der Waals surface area contributed by atoms with E-state index in [1.54, 1.807) is 18.4 Å². The second kappa shape index (κ2) is 6.62. The average molecular weight is 356 g/mol. The van der Waals surface area contributed by atoms with Crippen LogP contribution < -0.4 is 5.32 Å². The highest BCUT2D eigenvalue weighted by Gasteiger charge is 2.20. The third-order valence-electron chi connectivity index (χ3n) is 3.32. The Morgan fingerprint density at radius 1 is 1.00 bits per heavy atom. The molecule has 1 aromatic heterocycles. The standard InChI is InChI=1S/C18H14BrNO2/c19-15-9-4-8-14(12-15)18(21)20-17(16-10-5-11-22-16)13-6-2-1-3-7-13/h1-12,17H,(H,20,21)/t17-/m0/s1. The average Bonchev–Trinajstić information content (AvgIpc) is 3.07. The summed E-state index contributed by atoms with van der Waals surface area (Å²) < 4.78 is 6.36. The minimum Gasteiger partial charge on any atom is -0.467 e. The van der Waals surface area contributed by atoms with Crippen LogP contribution in [-0.4, -0.2) is 5.91 Å². The van der Waals surface area contributed by atoms with Crippen molar-refractivity contribution in [3.8, 4) is 0 Å². The van der Waals surface area contributed by atoms with Crippen LogP contribution >= 0.6 is 15.9 Å². The number of halogens is 1. The van der Waals surface area contributed by atoms with E-state index in [1.165, 1.54) is 0 Å². The number of hydrogen-bond donors (Lipinski definition) is 1. The van der Waals surface area contributed by atoms with Crippen molar-refractivity contribution in [2.75, 3.05) is 0 Å². The Morgan fingerprint density at radius 2 is 1.82 bits per heavy atom. The Hall–Kier alpha value is -2.33. The summed E-state index contributed by atoms with van der Waals surface area (Å²) in [5.74, 6) is 0.557. The van der Waals surface area contributed by atoms with Gasteiger partial charge in [0.25, 0.3) is 5.91 Å². The summed E-state index contributed by atoms with van der Waals surface area (Å²) in [7, 11) is 0. The van der Waals surface area contributed by atoms with Gasteiger partial charge in [0.15, 0.2) is 0 Å². The molecule has 110 valence electrons. The van der Waals surface area contributed by atoms with Gasteiger partial charge in [-0.25, -0.2) is 0 Å². The molecule has 0 aliphatic heterocycles. The van der Waals surface area contributed by atoms with Crippen LogP contribution in [0, 0.1) is 0 Å². The Morgan fingerprint density at radius 3 is 2.50 bits per heavy atom. The van der Waals surface area contributed by atoms with Crippen molar-refractivity contribution < 1.29 is 9.21 Å². The molecule has 1 N–H and O–H groups in total. The fourth-order valence-corrected chi connectivity index (χ4v) is 2.66. The second-order valence-corrected chi connectivity index (χ2v) is 5.76. The highest BCUT2D eigenvalue weighted by Crippen LogP contribution is 2.23. The lowest BCUT2D eigenvalue weighted by molar-refractivity contribution is 0.0939. The molecule has 22 heavy (non-hydrogen) atoms. The normalized spacial score (nSPS) is 11.9. The third kappa shape index (κ3) is 3.28. The van der Waals surface area contributed by atoms with Crippen molar-refractivity contribution in [3.05, 3.63) is 94.4 Å². The van der Waals surface area contributed by atoms with E-state index in [9.17, 15) is 4.79 Å². The number of nitrogens with one attached hydrogen (secondary N) is 1. The fourth-order valence-electron chi connectivity index (χ4n) is 2.26. The fraction of sp³-hybridized carbons (Fsp3) is 0.0556. The van der Waals surface area contributed by atoms with E-state index in [4.69, 9.17) is 4.42 Å². The van der Waals surface area contributed by atoms with Crippen LogP contribution in [0.2, 0.25) is 0 Å². The van der Waals surface area contributed by atoms with Crippen molar-refractivity contribution in [1.82, 2.24) is 5.32 Å². The largest absolute Gasteiger partial charge is 0.467 e. The molecule has 0 saturated carbocycles. The monoisotopic (exact) mass is 355 g/mol. The molecule has 0 fully saturated rings. The predicted molar refractivity (Wildman–Crippen MR) is 88.6 cm³/mol. The van der Waals surface area contributed by atoms with Crippen LogP contribution in [0.5, 0.6) is 0 Å². The van der Waals surface area contributed by atoms with E-state index >= 15 is 0 Å². The number of furan rings is 1. The first-order chi connectivity index (χ1) is 10.7. The molecule has 2 aromatic carbocycles. The maximum atomic E-state index is 12.5. The lowest BCUT2D eigenvalue weighted by atomic mass is 10.0. The molecule has 3 rings (SSSR count). The van der Waals surface area contributed by atoms with Crippen LogP contribution in [0.4, 0.5) is 0 Å². The van der Waals surface area contributed by atoms with E-state index in [2.05, 4.69) is 21.2 Å². The molecule has 0 bridgehead atoms. The Kier molecular flexibility index (Phi) is 4.39. The van der Waals surface area contributed by atoms with Gasteiger partial charge in [-0.2, -0.15) is 0 Å². The first-order valence-corrected chi connectivity index (χ1v) is 7.68. The lowest BCUT2D eigenvalue weighted by Gasteiger charge is -2.17. The molecule has 0 aliphatic carbocycles. The maximum absolute atomic E-state index is 12.5. The van der Waals surface area contributed by atoms with E-state index in [1.807, 2.05) is 54.6 Å². The number of benzene rings is 2. The molecular formula is C18H14BrNO2. The molecule has 3 aromatic rings. The Labute approximate surface area is 137 Å². The van der Waals surface area contributed by atoms with Gasteiger partial charge in [0.2, 0.25) is 0 Å². The molecule has 0 saturated heterocycles. The minimum atomic E-state index is -0.317. The molecule has 4 heteroatoms. The summed E-state index contributed by atoms with van der Waals surface area (Å²) in [5, 5.41) is 3.03. The lowest BCUT2D eigenvalue weighted by Crippen LogP contribution is -2.29. The van der Waals surface area contributed by atoms with Crippen LogP contribution in [-0.2, 0) is 0 Å². The summed E-state index contributed by atoms with van der Waals surface area (Å²) in [6.45, 7) is 0. The first kappa shape index (κ1) is 14.6. The van der Waals surface area contributed by atoms with Gasteiger partial charge in [0, 0.05) is 10.0 Å². The van der Waals surface area contributed by atoms with Gasteiger partial charge in [0.1, 0.15) is 11.8 Å². The zero-order valence-corrected chi connectivity index (χ0v) is 13.3. The van der Waals surface area contributed by atoms with Gasteiger partial charge in [-0.3, -0.25) is 4.79 Å². The molecular weight excluding hydrogens is 342 g/mol. The molecule has 0 aliphatic rings. The molecule has 1 amide bonds. The Bertz CT molecular complexity index is 754. The number of amides is 1. The predicted octanol–water partition coefficient (Wildman–Crippen LogP) is 4.56. The van der Waals surface area contributed by atoms with Gasteiger partial charge < -0.3 is 9.73 Å². The SMILES string of the molecule is O=C(N[C@@H](c1ccccc1)c1ccco1)c1cccc(Br)c1. The quantitative estimate of drug-likeness (QED) is 0.745. The molecule has 0 spiro atoms. The van der Waals surface area contributed by atoms with E-state index < -0.39 is 0 Å². The first-order valence-electron chi connectivity index (χ1n) is 6.89. The van der Waals surface area contributed by atoms with E-state index in [-0.39, 0.29) is 11.9 Å².